The van der Waals surface area contributed by atoms with Crippen LogP contribution < -0.4 is 10.6 Å². The van der Waals surface area contributed by atoms with Crippen LogP contribution in [0.5, 0.6) is 0 Å². The first-order chi connectivity index (χ1) is 10.2. The number of quaternary nitrogens is 1. The standard InChI is InChI=1S/C15H21ClN2O3S/c1-11(12-3-5-13(16)6-4-12)17-9-14(19)18-15(2)7-8-22(20,21)10-15/h3-6,11,17H,7-10H2,1-2H3,(H,18,19)/p+1/t11-,15+/m1/s1. The Morgan fingerprint density at radius 2 is 2.05 bits per heavy atom. The third-order valence-corrected chi connectivity index (χ3v) is 6.15. The molecule has 1 aromatic rings. The number of hydrogen-bond acceptors (Lipinski definition) is 3. The summed E-state index contributed by atoms with van der Waals surface area (Å²) >= 11 is 5.85. The molecule has 1 amide bonds. The van der Waals surface area contributed by atoms with Gasteiger partial charge in [-0.3, -0.25) is 4.79 Å². The van der Waals surface area contributed by atoms with Crippen LogP contribution >= 0.6 is 11.6 Å². The van der Waals surface area contributed by atoms with Crippen LogP contribution in [-0.4, -0.2) is 37.9 Å². The van der Waals surface area contributed by atoms with E-state index in [4.69, 9.17) is 11.6 Å². The van der Waals surface area contributed by atoms with E-state index in [0.717, 1.165) is 5.56 Å². The zero-order valence-electron chi connectivity index (χ0n) is 12.8. The first-order valence-electron chi connectivity index (χ1n) is 7.29. The van der Waals surface area contributed by atoms with Gasteiger partial charge in [-0.2, -0.15) is 0 Å². The fourth-order valence-corrected chi connectivity index (χ4v) is 4.90. The van der Waals surface area contributed by atoms with Crippen molar-refractivity contribution in [2.75, 3.05) is 18.1 Å². The number of hydrogen-bond donors (Lipinski definition) is 2. The highest BCUT2D eigenvalue weighted by molar-refractivity contribution is 7.91. The molecule has 1 heterocycles. The van der Waals surface area contributed by atoms with Crippen molar-refractivity contribution in [2.24, 2.45) is 0 Å². The molecule has 5 nitrogen and oxygen atoms in total. The van der Waals surface area contributed by atoms with Crippen LogP contribution in [0.3, 0.4) is 0 Å². The highest BCUT2D eigenvalue weighted by atomic mass is 35.5. The van der Waals surface area contributed by atoms with Gasteiger partial charge < -0.3 is 10.6 Å². The predicted molar refractivity (Wildman–Crippen MR) is 86.5 cm³/mol. The molecule has 2 atom stereocenters. The molecule has 0 saturated carbocycles. The average molecular weight is 346 g/mol. The van der Waals surface area contributed by atoms with Crippen molar-refractivity contribution in [3.05, 3.63) is 34.9 Å². The van der Waals surface area contributed by atoms with Gasteiger partial charge in [0.2, 0.25) is 0 Å². The number of carbonyl (C=O) groups excluding carboxylic acids is 1. The van der Waals surface area contributed by atoms with Crippen molar-refractivity contribution < 1.29 is 18.5 Å². The van der Waals surface area contributed by atoms with E-state index >= 15 is 0 Å². The van der Waals surface area contributed by atoms with E-state index < -0.39 is 15.4 Å². The molecular formula is C15H22ClN2O3S+. The lowest BCUT2D eigenvalue weighted by Crippen LogP contribution is -2.87. The lowest BCUT2D eigenvalue weighted by molar-refractivity contribution is -0.682. The Bertz CT molecular complexity index is 645. The smallest absolute Gasteiger partial charge is 0.275 e. The van der Waals surface area contributed by atoms with Crippen LogP contribution in [0.25, 0.3) is 0 Å². The fourth-order valence-electron chi connectivity index (χ4n) is 2.68. The van der Waals surface area contributed by atoms with Crippen LogP contribution in [0, 0.1) is 0 Å². The summed E-state index contributed by atoms with van der Waals surface area (Å²) in [5.41, 5.74) is 0.458. The molecule has 0 unspecified atom stereocenters. The minimum absolute atomic E-state index is 0.0263. The normalized spacial score (nSPS) is 24.9. The summed E-state index contributed by atoms with van der Waals surface area (Å²) in [6, 6.07) is 7.65. The second-order valence-electron chi connectivity index (χ2n) is 6.23. The minimum atomic E-state index is -3.02. The lowest BCUT2D eigenvalue weighted by atomic mass is 10.0. The molecule has 22 heavy (non-hydrogen) atoms. The van der Waals surface area contributed by atoms with E-state index in [0.29, 0.717) is 11.4 Å². The van der Waals surface area contributed by atoms with Gasteiger partial charge in [0.15, 0.2) is 16.4 Å². The van der Waals surface area contributed by atoms with E-state index in [9.17, 15) is 13.2 Å². The maximum absolute atomic E-state index is 12.0. The number of sulfone groups is 1. The first-order valence-corrected chi connectivity index (χ1v) is 9.49. The van der Waals surface area contributed by atoms with Gasteiger partial charge in [0, 0.05) is 10.6 Å². The molecule has 1 fully saturated rings. The minimum Gasteiger partial charge on any atom is -0.345 e. The van der Waals surface area contributed by atoms with Crippen molar-refractivity contribution in [1.82, 2.24) is 5.32 Å². The van der Waals surface area contributed by atoms with Crippen molar-refractivity contribution in [1.29, 1.82) is 0 Å². The SMILES string of the molecule is C[C@@H]([NH2+]CC(=O)N[C@@]1(C)CCS(=O)(=O)C1)c1ccc(Cl)cc1. The van der Waals surface area contributed by atoms with Gasteiger partial charge in [-0.05, 0) is 32.4 Å². The molecule has 0 spiro atoms. The highest BCUT2D eigenvalue weighted by Gasteiger charge is 2.39. The predicted octanol–water partition coefficient (Wildman–Crippen LogP) is 0.658. The maximum Gasteiger partial charge on any atom is 0.275 e. The number of rotatable bonds is 5. The molecule has 2 rings (SSSR count). The fraction of sp³-hybridized carbons (Fsp3) is 0.533. The van der Waals surface area contributed by atoms with E-state index in [2.05, 4.69) is 5.32 Å². The van der Waals surface area contributed by atoms with Crippen LogP contribution in [0.2, 0.25) is 5.02 Å². The molecule has 3 N–H and O–H groups in total. The lowest BCUT2D eigenvalue weighted by Gasteiger charge is -2.23. The van der Waals surface area contributed by atoms with Gasteiger partial charge in [-0.1, -0.05) is 23.7 Å². The van der Waals surface area contributed by atoms with E-state index in [1.54, 1.807) is 6.92 Å². The monoisotopic (exact) mass is 345 g/mol. The topological polar surface area (TPSA) is 79.8 Å². The Kier molecular flexibility index (Phi) is 5.14. The first kappa shape index (κ1) is 17.2. The Balaban J connectivity index is 1.84. The number of carbonyl (C=O) groups is 1. The van der Waals surface area contributed by atoms with Gasteiger partial charge >= 0.3 is 0 Å². The molecule has 0 aliphatic carbocycles. The molecule has 1 saturated heterocycles. The van der Waals surface area contributed by atoms with Crippen LogP contribution in [0.1, 0.15) is 31.9 Å². The third kappa shape index (κ3) is 4.69. The van der Waals surface area contributed by atoms with Gasteiger partial charge in [0.1, 0.15) is 6.04 Å². The summed E-state index contributed by atoms with van der Waals surface area (Å²) in [5.74, 6) is 0.0353. The maximum atomic E-state index is 12.0. The average Bonchev–Trinajstić information content (AvgIpc) is 2.70. The number of nitrogens with two attached hydrogens (primary N) is 1. The molecule has 1 aromatic carbocycles. The van der Waals surface area contributed by atoms with Gasteiger partial charge in [-0.25, -0.2) is 8.42 Å². The van der Waals surface area contributed by atoms with Gasteiger partial charge in [0.05, 0.1) is 17.0 Å². The number of nitrogens with one attached hydrogen (secondary N) is 1. The molecule has 0 aromatic heterocycles. The molecule has 7 heteroatoms. The third-order valence-electron chi connectivity index (χ3n) is 4.00. The molecule has 1 aliphatic rings. The van der Waals surface area contributed by atoms with Crippen molar-refractivity contribution >= 4 is 27.3 Å². The Labute approximate surface area is 136 Å². The van der Waals surface area contributed by atoms with Crippen LogP contribution in [0.15, 0.2) is 24.3 Å². The molecule has 1 aliphatic heterocycles. The Morgan fingerprint density at radius 3 is 2.59 bits per heavy atom. The molecule has 0 bridgehead atoms. The number of halogens is 1. The summed E-state index contributed by atoms with van der Waals surface area (Å²) in [4.78, 5) is 12.0. The Morgan fingerprint density at radius 1 is 1.41 bits per heavy atom. The second kappa shape index (κ2) is 6.56. The van der Waals surface area contributed by atoms with Crippen molar-refractivity contribution in [3.8, 4) is 0 Å². The molecular weight excluding hydrogens is 324 g/mol. The number of benzene rings is 1. The summed E-state index contributed by atoms with van der Waals surface area (Å²) in [6.45, 7) is 4.07. The second-order valence-corrected chi connectivity index (χ2v) is 8.85. The zero-order chi connectivity index (χ0) is 16.4. The molecule has 122 valence electrons. The Hall–Kier alpha value is -1.11. The summed E-state index contributed by atoms with van der Waals surface area (Å²) < 4.78 is 23.1. The quantitative estimate of drug-likeness (QED) is 0.822. The van der Waals surface area contributed by atoms with Crippen molar-refractivity contribution in [2.45, 2.75) is 31.8 Å². The summed E-state index contributed by atoms with van der Waals surface area (Å²) in [5, 5.41) is 5.46. The van der Waals surface area contributed by atoms with E-state index in [1.165, 1.54) is 0 Å². The van der Waals surface area contributed by atoms with Gasteiger partial charge in [-0.15, -0.1) is 0 Å². The molecule has 0 radical (unpaired) electrons. The zero-order valence-corrected chi connectivity index (χ0v) is 14.4. The summed E-state index contributed by atoms with van der Waals surface area (Å²) in [7, 11) is -3.02. The highest BCUT2D eigenvalue weighted by Crippen LogP contribution is 2.22. The van der Waals surface area contributed by atoms with Crippen molar-refractivity contribution in [3.63, 3.8) is 0 Å². The van der Waals surface area contributed by atoms with E-state index in [1.807, 2.05) is 36.5 Å². The van der Waals surface area contributed by atoms with Crippen LogP contribution in [0.4, 0.5) is 0 Å². The van der Waals surface area contributed by atoms with Gasteiger partial charge in [0.25, 0.3) is 5.91 Å². The van der Waals surface area contributed by atoms with E-state index in [-0.39, 0.29) is 30.0 Å². The van der Waals surface area contributed by atoms with Crippen LogP contribution in [-0.2, 0) is 14.6 Å². The summed E-state index contributed by atoms with van der Waals surface area (Å²) in [6.07, 6.45) is 0.480. The largest absolute Gasteiger partial charge is 0.345 e. The number of amides is 1.